The molecule has 0 aliphatic heterocycles. The molecule has 0 unspecified atom stereocenters. The van der Waals surface area contributed by atoms with Crippen molar-refractivity contribution in [2.45, 2.75) is 38.5 Å². The van der Waals surface area contributed by atoms with E-state index in [-0.39, 0.29) is 16.5 Å². The summed E-state index contributed by atoms with van der Waals surface area (Å²) >= 11 is 0. The van der Waals surface area contributed by atoms with Crippen molar-refractivity contribution in [2.75, 3.05) is 0 Å². The molecule has 84 valence electrons. The summed E-state index contributed by atoms with van der Waals surface area (Å²) in [6.45, 7) is 0. The van der Waals surface area contributed by atoms with E-state index >= 15 is 0 Å². The monoisotopic (exact) mass is 244 g/mol. The third-order valence-electron chi connectivity index (χ3n) is 2.91. The molecular weight excluding hydrogens is 227 g/mol. The van der Waals surface area contributed by atoms with Crippen LogP contribution in [0.1, 0.15) is 38.5 Å². The van der Waals surface area contributed by atoms with Crippen LogP contribution in [0.4, 0.5) is 0 Å². The molecule has 0 saturated heterocycles. The van der Waals surface area contributed by atoms with E-state index in [4.69, 9.17) is 0 Å². The molecule has 0 spiro atoms. The first kappa shape index (κ1) is 12.5. The van der Waals surface area contributed by atoms with Gasteiger partial charge in [0.1, 0.15) is 0 Å². The van der Waals surface area contributed by atoms with E-state index in [2.05, 4.69) is 36.5 Å². The molecular formula is C14H18Ni. The average Bonchev–Trinajstić information content (AvgIpc) is 2.62. The van der Waals surface area contributed by atoms with Crippen molar-refractivity contribution < 1.29 is 16.5 Å². The summed E-state index contributed by atoms with van der Waals surface area (Å²) in [5.74, 6) is 0. The van der Waals surface area contributed by atoms with Gasteiger partial charge in [-0.05, 0) is 49.7 Å². The maximum atomic E-state index is 2.30. The topological polar surface area (TPSA) is 0 Å². The summed E-state index contributed by atoms with van der Waals surface area (Å²) in [4.78, 5) is 0. The number of rotatable bonds is 1. The second-order valence-electron chi connectivity index (χ2n) is 4.02. The van der Waals surface area contributed by atoms with Crippen molar-refractivity contribution in [2.24, 2.45) is 0 Å². The number of hydrogen-bond acceptors (Lipinski definition) is 0. The van der Waals surface area contributed by atoms with Gasteiger partial charge < -0.3 is 0 Å². The summed E-state index contributed by atoms with van der Waals surface area (Å²) < 4.78 is 0. The van der Waals surface area contributed by atoms with Crippen molar-refractivity contribution in [1.82, 2.24) is 0 Å². The van der Waals surface area contributed by atoms with Crippen LogP contribution in [-0.2, 0) is 16.5 Å². The standard InChI is InChI=1S/C14H18.Ni/c1-2-6-10-13(9-5-1)14-11-7-3-4-8-12-14;/h1,3,5,7,9,11H,2,4,6,8,10,12H2;. The molecule has 0 amide bonds. The van der Waals surface area contributed by atoms with E-state index in [0.29, 0.717) is 0 Å². The van der Waals surface area contributed by atoms with Crippen LogP contribution in [0.15, 0.2) is 47.6 Å². The fourth-order valence-electron chi connectivity index (χ4n) is 2.08. The van der Waals surface area contributed by atoms with E-state index in [9.17, 15) is 0 Å². The third kappa shape index (κ3) is 3.83. The van der Waals surface area contributed by atoms with Crippen LogP contribution in [0.2, 0.25) is 0 Å². The SMILES string of the molecule is C1=CCCCC(C2=CC=CCCC2)=C1.[Ni]. The molecule has 0 aromatic heterocycles. The molecule has 0 fully saturated rings. The zero-order chi connectivity index (χ0) is 9.64. The van der Waals surface area contributed by atoms with Gasteiger partial charge in [0, 0.05) is 16.5 Å². The molecule has 0 atom stereocenters. The van der Waals surface area contributed by atoms with Gasteiger partial charge in [-0.3, -0.25) is 0 Å². The second kappa shape index (κ2) is 6.85. The quantitative estimate of drug-likeness (QED) is 0.603. The third-order valence-corrected chi connectivity index (χ3v) is 2.91. The fraction of sp³-hybridized carbons (Fsp3) is 0.429. The first-order valence-electron chi connectivity index (χ1n) is 5.68. The van der Waals surface area contributed by atoms with Gasteiger partial charge in [0.25, 0.3) is 0 Å². The van der Waals surface area contributed by atoms with Crippen molar-refractivity contribution >= 4 is 0 Å². The molecule has 2 aliphatic rings. The van der Waals surface area contributed by atoms with E-state index in [1.54, 1.807) is 11.1 Å². The van der Waals surface area contributed by atoms with Gasteiger partial charge in [0.05, 0.1) is 0 Å². The zero-order valence-corrected chi connectivity index (χ0v) is 10.0. The molecule has 0 aromatic carbocycles. The summed E-state index contributed by atoms with van der Waals surface area (Å²) in [5.41, 5.74) is 3.12. The molecule has 15 heavy (non-hydrogen) atoms. The van der Waals surface area contributed by atoms with E-state index in [1.165, 1.54) is 38.5 Å². The number of allylic oxidation sites excluding steroid dienone is 8. The van der Waals surface area contributed by atoms with Crippen molar-refractivity contribution in [1.29, 1.82) is 0 Å². The minimum Gasteiger partial charge on any atom is -0.0845 e. The van der Waals surface area contributed by atoms with Gasteiger partial charge in [0.2, 0.25) is 0 Å². The Morgan fingerprint density at radius 3 is 1.67 bits per heavy atom. The maximum absolute atomic E-state index is 2.30. The Balaban J connectivity index is 0.00000112. The Labute approximate surface area is 103 Å². The molecule has 2 aliphatic carbocycles. The molecule has 2 rings (SSSR count). The van der Waals surface area contributed by atoms with Crippen molar-refractivity contribution in [3.8, 4) is 0 Å². The number of hydrogen-bond donors (Lipinski definition) is 0. The van der Waals surface area contributed by atoms with Crippen LogP contribution in [0.5, 0.6) is 0 Å². The van der Waals surface area contributed by atoms with E-state index in [1.807, 2.05) is 0 Å². The fourth-order valence-corrected chi connectivity index (χ4v) is 2.08. The molecule has 0 radical (unpaired) electrons. The smallest absolute Gasteiger partial charge is 0 e. The van der Waals surface area contributed by atoms with Crippen LogP contribution in [0.3, 0.4) is 0 Å². The maximum Gasteiger partial charge on any atom is 0 e. The summed E-state index contributed by atoms with van der Waals surface area (Å²) in [6.07, 6.45) is 21.2. The van der Waals surface area contributed by atoms with Crippen LogP contribution < -0.4 is 0 Å². The van der Waals surface area contributed by atoms with Crippen molar-refractivity contribution in [3.63, 3.8) is 0 Å². The molecule has 0 nitrogen and oxygen atoms in total. The molecule has 0 saturated carbocycles. The Morgan fingerprint density at radius 1 is 0.733 bits per heavy atom. The van der Waals surface area contributed by atoms with E-state index < -0.39 is 0 Å². The summed E-state index contributed by atoms with van der Waals surface area (Å²) in [6, 6.07) is 0. The first-order valence-corrected chi connectivity index (χ1v) is 5.68. The van der Waals surface area contributed by atoms with Crippen LogP contribution in [0.25, 0.3) is 0 Å². The molecule has 0 aromatic rings. The summed E-state index contributed by atoms with van der Waals surface area (Å²) in [7, 11) is 0. The minimum atomic E-state index is 0. The molecule has 0 bridgehead atoms. The van der Waals surface area contributed by atoms with Gasteiger partial charge in [-0.25, -0.2) is 0 Å². The first-order chi connectivity index (χ1) is 6.97. The zero-order valence-electron chi connectivity index (χ0n) is 9.02. The summed E-state index contributed by atoms with van der Waals surface area (Å²) in [5, 5.41) is 0. The van der Waals surface area contributed by atoms with Crippen molar-refractivity contribution in [3.05, 3.63) is 47.6 Å². The van der Waals surface area contributed by atoms with Crippen LogP contribution >= 0.6 is 0 Å². The predicted molar refractivity (Wildman–Crippen MR) is 62.1 cm³/mol. The van der Waals surface area contributed by atoms with Crippen LogP contribution in [0, 0.1) is 0 Å². The molecule has 0 heterocycles. The largest absolute Gasteiger partial charge is 0.0845 e. The second-order valence-corrected chi connectivity index (χ2v) is 4.02. The normalized spacial score (nSPS) is 20.8. The van der Waals surface area contributed by atoms with Crippen LogP contribution in [-0.4, -0.2) is 0 Å². The Kier molecular flexibility index (Phi) is 5.72. The van der Waals surface area contributed by atoms with Gasteiger partial charge in [-0.2, -0.15) is 0 Å². The molecule has 0 N–H and O–H groups in total. The van der Waals surface area contributed by atoms with Gasteiger partial charge >= 0.3 is 0 Å². The Morgan fingerprint density at radius 2 is 1.20 bits per heavy atom. The van der Waals surface area contributed by atoms with E-state index in [0.717, 1.165) is 0 Å². The van der Waals surface area contributed by atoms with Gasteiger partial charge in [-0.15, -0.1) is 0 Å². The van der Waals surface area contributed by atoms with Gasteiger partial charge in [-0.1, -0.05) is 36.5 Å². The molecule has 1 heteroatoms. The average molecular weight is 245 g/mol. The Hall–Kier alpha value is -0.546. The minimum absolute atomic E-state index is 0. The predicted octanol–water partition coefficient (Wildman–Crippen LogP) is 4.32. The Bertz CT molecular complexity index is 273. The van der Waals surface area contributed by atoms with Gasteiger partial charge in [0.15, 0.2) is 0 Å².